The number of H-pyrrole nitrogens is 1. The molecule has 2 rings (SSSR count). The quantitative estimate of drug-likeness (QED) is 0.637. The molecule has 0 aliphatic rings. The number of esters is 2. The van der Waals surface area contributed by atoms with Crippen LogP contribution in [-0.4, -0.2) is 33.1 Å². The topological polar surface area (TPSA) is 81.3 Å². The van der Waals surface area contributed by atoms with E-state index >= 15 is 0 Å². The van der Waals surface area contributed by atoms with Crippen LogP contribution >= 0.6 is 0 Å². The van der Waals surface area contributed by atoms with Gasteiger partial charge in [0.05, 0.1) is 0 Å². The molecular weight excluding hydrogens is 344 g/mol. The van der Waals surface area contributed by atoms with Crippen LogP contribution in [-0.2, 0) is 19.1 Å². The fourth-order valence-corrected chi connectivity index (χ4v) is 1.89. The van der Waals surface area contributed by atoms with Crippen molar-refractivity contribution in [2.24, 2.45) is 0 Å². The minimum atomic E-state index is -0.468. The zero-order valence-electron chi connectivity index (χ0n) is 16.8. The van der Waals surface area contributed by atoms with Crippen LogP contribution in [0.2, 0.25) is 0 Å². The molecule has 146 valence electrons. The Morgan fingerprint density at radius 2 is 1.67 bits per heavy atom. The Kier molecular flexibility index (Phi) is 7.52. The van der Waals surface area contributed by atoms with Crippen molar-refractivity contribution in [1.82, 2.24) is 9.97 Å². The van der Waals surface area contributed by atoms with Crippen LogP contribution in [0.5, 0.6) is 0 Å². The molecule has 6 nitrogen and oxygen atoms in total. The summed E-state index contributed by atoms with van der Waals surface area (Å²) in [6, 6.07) is 3.90. The van der Waals surface area contributed by atoms with Crippen molar-refractivity contribution in [3.63, 3.8) is 0 Å². The second kappa shape index (κ2) is 9.16. The molecule has 2 aromatic rings. The first-order valence-electron chi connectivity index (χ1n) is 8.59. The number of carbonyl (C=O) groups is 2. The lowest BCUT2D eigenvalue weighted by molar-refractivity contribution is -0.149. The molecule has 0 unspecified atom stereocenters. The largest absolute Gasteiger partial charge is 0.457 e. The second-order valence-corrected chi connectivity index (χ2v) is 7.79. The zero-order valence-corrected chi connectivity index (χ0v) is 16.8. The molecule has 0 bridgehead atoms. The average molecular weight is 372 g/mol. The van der Waals surface area contributed by atoms with Gasteiger partial charge in [-0.1, -0.05) is 6.58 Å². The molecule has 2 heterocycles. The lowest BCUT2D eigenvalue weighted by atomic mass is 10.2. The fraction of sp³-hybridized carbons (Fsp3) is 0.381. The summed E-state index contributed by atoms with van der Waals surface area (Å²) in [4.78, 5) is 29.2. The first-order valence-corrected chi connectivity index (χ1v) is 8.59. The molecule has 2 aromatic heterocycles. The molecular formula is C21H28N2O4. The Morgan fingerprint density at radius 3 is 2.19 bits per heavy atom. The van der Waals surface area contributed by atoms with Crippen molar-refractivity contribution in [2.75, 3.05) is 0 Å². The van der Waals surface area contributed by atoms with Crippen molar-refractivity contribution in [3.8, 4) is 0 Å². The number of hydrogen-bond acceptors (Lipinski definition) is 5. The molecule has 0 fully saturated rings. The van der Waals surface area contributed by atoms with E-state index in [0.717, 1.165) is 22.7 Å². The molecule has 0 saturated carbocycles. The molecule has 0 aliphatic heterocycles. The van der Waals surface area contributed by atoms with Crippen LogP contribution in [0.15, 0.2) is 43.3 Å². The Bertz CT molecular complexity index is 821. The number of aromatic amines is 1. The van der Waals surface area contributed by atoms with E-state index in [4.69, 9.17) is 9.47 Å². The lowest BCUT2D eigenvalue weighted by Crippen LogP contribution is -2.22. The maximum atomic E-state index is 11.5. The van der Waals surface area contributed by atoms with Crippen molar-refractivity contribution < 1.29 is 19.1 Å². The summed E-state index contributed by atoms with van der Waals surface area (Å²) in [5.74, 6) is -0.723. The highest BCUT2D eigenvalue weighted by Crippen LogP contribution is 2.13. The number of rotatable bonds is 3. The minimum Gasteiger partial charge on any atom is -0.457 e. The monoisotopic (exact) mass is 372 g/mol. The number of aromatic nitrogens is 2. The maximum Gasteiger partial charge on any atom is 0.331 e. The summed E-state index contributed by atoms with van der Waals surface area (Å²) >= 11 is 0. The Hall–Kier alpha value is -2.89. The van der Waals surface area contributed by atoms with E-state index in [0.29, 0.717) is 0 Å². The third kappa shape index (κ3) is 9.39. The van der Waals surface area contributed by atoms with Crippen molar-refractivity contribution in [3.05, 3.63) is 48.8 Å². The van der Waals surface area contributed by atoms with Gasteiger partial charge in [0.25, 0.3) is 0 Å². The standard InChI is InChI=1S/C14H16N2O2.C7H12O2/c1-14(2,3)18-12(17)5-4-10-8-11-6-7-15-13(11)16-9-10;1-5-6(8)9-7(2,3)4/h4-9H,1-3H3,(H,15,16);5H,1H2,2-4H3/b5-4+;. The Labute approximate surface area is 160 Å². The first kappa shape index (κ1) is 22.2. The van der Waals surface area contributed by atoms with E-state index in [1.54, 1.807) is 12.3 Å². The Morgan fingerprint density at radius 1 is 1.07 bits per heavy atom. The van der Waals surface area contributed by atoms with Crippen molar-refractivity contribution in [2.45, 2.75) is 52.7 Å². The highest BCUT2D eigenvalue weighted by molar-refractivity contribution is 5.88. The van der Waals surface area contributed by atoms with Crippen molar-refractivity contribution >= 4 is 29.0 Å². The molecule has 0 atom stereocenters. The summed E-state index contributed by atoms with van der Waals surface area (Å²) in [6.45, 7) is 14.2. The average Bonchev–Trinajstić information content (AvgIpc) is 2.98. The van der Waals surface area contributed by atoms with Gasteiger partial charge in [-0.15, -0.1) is 0 Å². The molecule has 0 spiro atoms. The molecule has 1 N–H and O–H groups in total. The highest BCUT2D eigenvalue weighted by Gasteiger charge is 2.14. The molecule has 0 aromatic carbocycles. The fourth-order valence-electron chi connectivity index (χ4n) is 1.89. The third-order valence-corrected chi connectivity index (χ3v) is 2.81. The molecule has 0 saturated heterocycles. The number of carbonyl (C=O) groups excluding carboxylic acids is 2. The van der Waals surface area contributed by atoms with Gasteiger partial charge < -0.3 is 14.5 Å². The summed E-state index contributed by atoms with van der Waals surface area (Å²) in [5, 5.41) is 1.02. The lowest BCUT2D eigenvalue weighted by Gasteiger charge is -2.17. The first-order chi connectivity index (χ1) is 12.4. The number of fused-ring (bicyclic) bond motifs is 1. The molecule has 0 radical (unpaired) electrons. The minimum absolute atomic E-state index is 0.350. The predicted octanol–water partition coefficient (Wildman–Crippen LogP) is 4.43. The smallest absolute Gasteiger partial charge is 0.331 e. The third-order valence-electron chi connectivity index (χ3n) is 2.81. The highest BCUT2D eigenvalue weighted by atomic mass is 16.6. The van der Waals surface area contributed by atoms with Crippen LogP contribution in [0.25, 0.3) is 17.1 Å². The van der Waals surface area contributed by atoms with E-state index < -0.39 is 11.2 Å². The summed E-state index contributed by atoms with van der Waals surface area (Å²) in [6.07, 6.45) is 7.82. The number of nitrogens with one attached hydrogen (secondary N) is 1. The molecule has 6 heteroatoms. The van der Waals surface area contributed by atoms with E-state index in [1.807, 2.05) is 59.9 Å². The zero-order chi connectivity index (χ0) is 20.7. The maximum absolute atomic E-state index is 11.5. The van der Waals surface area contributed by atoms with Gasteiger partial charge in [-0.25, -0.2) is 14.6 Å². The normalized spacial score (nSPS) is 11.6. The second-order valence-electron chi connectivity index (χ2n) is 7.79. The van der Waals surface area contributed by atoms with Gasteiger partial charge >= 0.3 is 11.9 Å². The van der Waals surface area contributed by atoms with E-state index in [-0.39, 0.29) is 11.9 Å². The van der Waals surface area contributed by atoms with Crippen LogP contribution in [0.3, 0.4) is 0 Å². The number of nitrogens with zero attached hydrogens (tertiary/aromatic N) is 1. The van der Waals surface area contributed by atoms with E-state index in [9.17, 15) is 9.59 Å². The predicted molar refractivity (Wildman–Crippen MR) is 107 cm³/mol. The SMILES string of the molecule is C=CC(=O)OC(C)(C)C.CC(C)(C)OC(=O)/C=C/c1cnc2[nH]ccc2c1. The van der Waals surface area contributed by atoms with Gasteiger partial charge in [-0.2, -0.15) is 0 Å². The van der Waals surface area contributed by atoms with Crippen LogP contribution in [0, 0.1) is 0 Å². The van der Waals surface area contributed by atoms with Gasteiger partial charge in [0.2, 0.25) is 0 Å². The Balaban J connectivity index is 0.000000345. The molecule has 27 heavy (non-hydrogen) atoms. The van der Waals surface area contributed by atoms with E-state index in [2.05, 4.69) is 16.5 Å². The summed E-state index contributed by atoms with van der Waals surface area (Å²) in [7, 11) is 0. The van der Waals surface area contributed by atoms with Gasteiger partial charge in [-0.05, 0) is 65.3 Å². The van der Waals surface area contributed by atoms with Gasteiger partial charge in [-0.3, -0.25) is 0 Å². The molecule has 0 amide bonds. The number of ether oxygens (including phenoxy) is 2. The van der Waals surface area contributed by atoms with Crippen LogP contribution in [0.1, 0.15) is 47.1 Å². The van der Waals surface area contributed by atoms with Crippen molar-refractivity contribution in [1.29, 1.82) is 0 Å². The summed E-state index contributed by atoms with van der Waals surface area (Å²) < 4.78 is 10.0. The number of hydrogen-bond donors (Lipinski definition) is 1. The van der Waals surface area contributed by atoms with Gasteiger partial charge in [0.15, 0.2) is 0 Å². The van der Waals surface area contributed by atoms with Gasteiger partial charge in [0, 0.05) is 29.9 Å². The van der Waals surface area contributed by atoms with Crippen LogP contribution < -0.4 is 0 Å². The summed E-state index contributed by atoms with van der Waals surface area (Å²) in [5.41, 5.74) is 0.840. The number of pyridine rings is 1. The van der Waals surface area contributed by atoms with E-state index in [1.165, 1.54) is 6.08 Å². The van der Waals surface area contributed by atoms with Gasteiger partial charge in [0.1, 0.15) is 16.8 Å². The molecule has 0 aliphatic carbocycles. The van der Waals surface area contributed by atoms with Crippen LogP contribution in [0.4, 0.5) is 0 Å².